The maximum Gasteiger partial charge on any atom is 0.481 e. The van der Waals surface area contributed by atoms with Gasteiger partial charge in [-0.1, -0.05) is 33.8 Å². The fraction of sp³-hybridized carbons (Fsp3) is 0.652. The van der Waals surface area contributed by atoms with Crippen LogP contribution in [-0.4, -0.2) is 43.6 Å². The Bertz CT molecular complexity index is 897. The summed E-state index contributed by atoms with van der Waals surface area (Å²) >= 11 is 0. The van der Waals surface area contributed by atoms with Gasteiger partial charge in [0.25, 0.3) is 5.91 Å². The van der Waals surface area contributed by atoms with Crippen molar-refractivity contribution in [1.29, 1.82) is 0 Å². The molecule has 0 aromatic heterocycles. The van der Waals surface area contributed by atoms with Gasteiger partial charge in [0, 0.05) is 0 Å². The van der Waals surface area contributed by atoms with Gasteiger partial charge in [-0.3, -0.25) is 9.59 Å². The summed E-state index contributed by atoms with van der Waals surface area (Å²) in [5, 5.41) is 5.26. The summed E-state index contributed by atoms with van der Waals surface area (Å²) in [6.07, 6.45) is 2.89. The summed E-state index contributed by atoms with van der Waals surface area (Å²) in [5.41, 5.74) is -0.183. The molecular formula is C23H31BF2N2O4. The summed E-state index contributed by atoms with van der Waals surface area (Å²) in [5.74, 6) is -2.60. The van der Waals surface area contributed by atoms with E-state index < -0.39 is 36.1 Å². The lowest BCUT2D eigenvalue weighted by atomic mass is 9.47. The van der Waals surface area contributed by atoms with Crippen molar-refractivity contribution in [3.05, 3.63) is 35.4 Å². The van der Waals surface area contributed by atoms with Gasteiger partial charge < -0.3 is 19.9 Å². The number of amides is 2. The van der Waals surface area contributed by atoms with Crippen molar-refractivity contribution in [2.24, 2.45) is 23.2 Å². The molecule has 2 N–H and O–H groups in total. The number of carbonyl (C=O) groups is 2. The lowest BCUT2D eigenvalue weighted by Gasteiger charge is -2.60. The predicted molar refractivity (Wildman–Crippen MR) is 116 cm³/mol. The second kappa shape index (κ2) is 8.74. The molecule has 0 spiro atoms. The molecule has 2 amide bonds. The quantitative estimate of drug-likeness (QED) is 0.629. The third-order valence-electron chi connectivity index (χ3n) is 7.43. The van der Waals surface area contributed by atoms with Crippen LogP contribution in [0.25, 0.3) is 0 Å². The highest BCUT2D eigenvalue weighted by Crippen LogP contribution is 2.61. The van der Waals surface area contributed by atoms with E-state index in [1.54, 1.807) is 0 Å². The number of halogens is 2. The molecule has 2 bridgehead atoms. The predicted octanol–water partition coefficient (Wildman–Crippen LogP) is 3.10. The highest BCUT2D eigenvalue weighted by molar-refractivity contribution is 6.47. The zero-order chi connectivity index (χ0) is 23.2. The van der Waals surface area contributed by atoms with Gasteiger partial charge in [-0.2, -0.15) is 0 Å². The van der Waals surface area contributed by atoms with E-state index in [4.69, 9.17) is 9.31 Å². The number of rotatable bonds is 7. The van der Waals surface area contributed by atoms with Crippen LogP contribution in [0.4, 0.5) is 8.78 Å². The number of hydrogen-bond acceptors (Lipinski definition) is 4. The summed E-state index contributed by atoms with van der Waals surface area (Å²) < 4.78 is 39.7. The van der Waals surface area contributed by atoms with Gasteiger partial charge in [-0.05, 0) is 54.6 Å². The molecule has 5 rings (SSSR count). The Morgan fingerprint density at radius 1 is 1.22 bits per heavy atom. The normalized spacial score (nSPS) is 28.7. The van der Waals surface area contributed by atoms with Crippen LogP contribution < -0.4 is 10.6 Å². The molecular weight excluding hydrogens is 417 g/mol. The van der Waals surface area contributed by atoms with Crippen LogP contribution in [0.1, 0.15) is 57.3 Å². The van der Waals surface area contributed by atoms with Crippen molar-refractivity contribution in [1.82, 2.24) is 10.6 Å². The summed E-state index contributed by atoms with van der Waals surface area (Å²) in [4.78, 5) is 24.7. The molecule has 6 nitrogen and oxygen atoms in total. The number of carbonyl (C=O) groups excluding carboxylic acids is 2. The largest absolute Gasteiger partial charge is 0.481 e. The first kappa shape index (κ1) is 23.2. The first-order valence-corrected chi connectivity index (χ1v) is 11.4. The van der Waals surface area contributed by atoms with E-state index in [0.717, 1.165) is 18.9 Å². The molecule has 32 heavy (non-hydrogen) atoms. The van der Waals surface area contributed by atoms with Crippen LogP contribution in [0.15, 0.2) is 18.2 Å². The molecule has 5 atom stereocenters. The molecule has 0 radical (unpaired) electrons. The third-order valence-corrected chi connectivity index (χ3v) is 7.43. The molecule has 3 aliphatic carbocycles. The zero-order valence-electron chi connectivity index (χ0n) is 19.0. The maximum absolute atomic E-state index is 13.8. The number of hydrogen-bond donors (Lipinski definition) is 2. The van der Waals surface area contributed by atoms with Crippen LogP contribution >= 0.6 is 0 Å². The van der Waals surface area contributed by atoms with Crippen LogP contribution in [-0.2, 0) is 14.1 Å². The highest BCUT2D eigenvalue weighted by Gasteiger charge is 2.62. The monoisotopic (exact) mass is 448 g/mol. The molecule has 9 heteroatoms. The minimum absolute atomic E-state index is 0.0437. The maximum atomic E-state index is 13.8. The average molecular weight is 448 g/mol. The zero-order valence-corrected chi connectivity index (χ0v) is 19.0. The van der Waals surface area contributed by atoms with E-state index in [9.17, 15) is 18.4 Å². The Morgan fingerprint density at radius 2 is 1.97 bits per heavy atom. The van der Waals surface area contributed by atoms with Crippen LogP contribution in [0.5, 0.6) is 0 Å². The standard InChI is InChI=1S/C23H31BF2N2O4/c1-12(2)8-18(24-31-17-10-13-9-15(21(17)32-24)23(13,3)4)28-19(29)11-27-22(30)14-6-5-7-16(25)20(14)26/h5-7,12-13,15,17-18,21H,8-11H2,1-4H3,(H,27,30)(H,28,29)/t13?,15-,17-,18+,21+/m1/s1. The van der Waals surface area contributed by atoms with Crippen molar-refractivity contribution in [3.8, 4) is 0 Å². The molecule has 4 aliphatic rings. The molecule has 1 aliphatic heterocycles. The van der Waals surface area contributed by atoms with Gasteiger partial charge in [-0.15, -0.1) is 0 Å². The molecule has 3 saturated carbocycles. The Morgan fingerprint density at radius 3 is 2.66 bits per heavy atom. The van der Waals surface area contributed by atoms with E-state index in [-0.39, 0.29) is 36.0 Å². The van der Waals surface area contributed by atoms with E-state index in [2.05, 4.69) is 38.3 Å². The molecule has 1 aromatic carbocycles. The van der Waals surface area contributed by atoms with Gasteiger partial charge in [0.2, 0.25) is 5.91 Å². The second-order valence-corrected chi connectivity index (χ2v) is 10.3. The molecule has 174 valence electrons. The van der Waals surface area contributed by atoms with Gasteiger partial charge in [0.05, 0.1) is 30.3 Å². The smallest absolute Gasteiger partial charge is 0.404 e. The minimum atomic E-state index is -1.24. The van der Waals surface area contributed by atoms with E-state index in [0.29, 0.717) is 18.3 Å². The van der Waals surface area contributed by atoms with E-state index in [1.807, 2.05) is 0 Å². The fourth-order valence-electron chi connectivity index (χ4n) is 5.49. The van der Waals surface area contributed by atoms with Crippen LogP contribution in [0.3, 0.4) is 0 Å². The topological polar surface area (TPSA) is 76.7 Å². The molecule has 1 unspecified atom stereocenters. The van der Waals surface area contributed by atoms with Crippen LogP contribution in [0, 0.1) is 34.8 Å². The summed E-state index contributed by atoms with van der Waals surface area (Å²) in [6, 6.07) is 3.34. The van der Waals surface area contributed by atoms with Crippen molar-refractivity contribution >= 4 is 18.9 Å². The Hall–Kier alpha value is -2.00. The SMILES string of the molecule is CC(C)C[C@H](NC(=O)CNC(=O)c1cccc(F)c1F)B1O[C@H]2[C@H]3CC(C[C@H]2O1)C3(C)C. The van der Waals surface area contributed by atoms with Crippen molar-refractivity contribution in [2.45, 2.75) is 65.1 Å². The van der Waals surface area contributed by atoms with Crippen molar-refractivity contribution in [2.75, 3.05) is 6.54 Å². The second-order valence-electron chi connectivity index (χ2n) is 10.3. The number of benzene rings is 1. The van der Waals surface area contributed by atoms with Gasteiger partial charge in [-0.25, -0.2) is 8.78 Å². The van der Waals surface area contributed by atoms with E-state index >= 15 is 0 Å². The average Bonchev–Trinajstić information content (AvgIpc) is 3.17. The minimum Gasteiger partial charge on any atom is -0.404 e. The number of nitrogens with one attached hydrogen (secondary N) is 2. The lowest BCUT2D eigenvalue weighted by Crippen LogP contribution is -2.59. The van der Waals surface area contributed by atoms with Crippen molar-refractivity contribution < 1.29 is 27.7 Å². The lowest BCUT2D eigenvalue weighted by molar-refractivity contribution is -0.150. The molecule has 4 fully saturated rings. The van der Waals surface area contributed by atoms with E-state index in [1.165, 1.54) is 12.1 Å². The summed E-state index contributed by atoms with van der Waals surface area (Å²) in [6.45, 7) is 8.32. The molecule has 1 saturated heterocycles. The molecule has 1 aromatic rings. The highest BCUT2D eigenvalue weighted by atomic mass is 19.2. The summed E-state index contributed by atoms with van der Waals surface area (Å²) in [7, 11) is -0.539. The Kier molecular flexibility index (Phi) is 6.33. The Labute approximate surface area is 187 Å². The first-order chi connectivity index (χ1) is 15.1. The van der Waals surface area contributed by atoms with Gasteiger partial charge in [0.15, 0.2) is 11.6 Å². The molecule has 1 heterocycles. The van der Waals surface area contributed by atoms with Gasteiger partial charge in [0.1, 0.15) is 0 Å². The fourth-order valence-corrected chi connectivity index (χ4v) is 5.49. The third kappa shape index (κ3) is 4.29. The van der Waals surface area contributed by atoms with Crippen molar-refractivity contribution in [3.63, 3.8) is 0 Å². The van der Waals surface area contributed by atoms with Crippen LogP contribution in [0.2, 0.25) is 0 Å². The first-order valence-electron chi connectivity index (χ1n) is 11.4. The van der Waals surface area contributed by atoms with Gasteiger partial charge >= 0.3 is 7.12 Å². The Balaban J connectivity index is 1.35.